The van der Waals surface area contributed by atoms with Crippen molar-refractivity contribution in [3.05, 3.63) is 58.1 Å². The molecule has 0 aliphatic carbocycles. The lowest BCUT2D eigenvalue weighted by molar-refractivity contribution is -0.139. The van der Waals surface area contributed by atoms with Gasteiger partial charge in [0, 0.05) is 0 Å². The molecule has 10 heteroatoms. The molecule has 1 aliphatic rings. The summed E-state index contributed by atoms with van der Waals surface area (Å²) >= 11 is 11.4. The van der Waals surface area contributed by atoms with Crippen LogP contribution >= 0.6 is 23.8 Å². The number of thiocarbonyl (C=S) groups is 1. The Bertz CT molecular complexity index is 1130. The minimum atomic E-state index is -1.18. The average molecular weight is 475 g/mol. The van der Waals surface area contributed by atoms with Crippen LogP contribution in [0.5, 0.6) is 11.5 Å². The number of carboxylic acids is 1. The summed E-state index contributed by atoms with van der Waals surface area (Å²) in [5, 5.41) is 11.4. The largest absolute Gasteiger partial charge is 0.493 e. The number of anilines is 1. The fourth-order valence-corrected chi connectivity index (χ4v) is 3.59. The van der Waals surface area contributed by atoms with Gasteiger partial charge in [0.05, 0.1) is 17.8 Å². The van der Waals surface area contributed by atoms with Crippen molar-refractivity contribution < 1.29 is 29.0 Å². The first-order valence-electron chi connectivity index (χ1n) is 9.47. The number of nitrogens with one attached hydrogen (secondary N) is 1. The third-order valence-electron chi connectivity index (χ3n) is 4.61. The van der Waals surface area contributed by atoms with Crippen molar-refractivity contribution in [1.82, 2.24) is 5.32 Å². The maximum absolute atomic E-state index is 13.1. The molecule has 2 aromatic rings. The van der Waals surface area contributed by atoms with Gasteiger partial charge in [-0.15, -0.1) is 0 Å². The molecule has 3 rings (SSSR count). The van der Waals surface area contributed by atoms with Crippen molar-refractivity contribution in [2.24, 2.45) is 0 Å². The van der Waals surface area contributed by atoms with Gasteiger partial charge < -0.3 is 14.6 Å². The van der Waals surface area contributed by atoms with Crippen LogP contribution in [0.25, 0.3) is 6.08 Å². The van der Waals surface area contributed by atoms with E-state index in [1.165, 1.54) is 30.2 Å². The Morgan fingerprint density at radius 2 is 1.94 bits per heavy atom. The molecule has 166 valence electrons. The quantitative estimate of drug-likeness (QED) is 0.360. The second-order valence-electron chi connectivity index (χ2n) is 6.69. The lowest BCUT2D eigenvalue weighted by atomic mass is 10.1. The fourth-order valence-electron chi connectivity index (χ4n) is 3.04. The normalized spacial score (nSPS) is 15.0. The zero-order valence-corrected chi connectivity index (χ0v) is 18.7. The number of aryl methyl sites for hydroxylation is 1. The monoisotopic (exact) mass is 474 g/mol. The molecule has 0 spiro atoms. The molecule has 2 N–H and O–H groups in total. The summed E-state index contributed by atoms with van der Waals surface area (Å²) in [4.78, 5) is 37.7. The van der Waals surface area contributed by atoms with E-state index in [4.69, 9.17) is 38.4 Å². The van der Waals surface area contributed by atoms with Gasteiger partial charge in [0.1, 0.15) is 5.57 Å². The maximum Gasteiger partial charge on any atom is 0.341 e. The van der Waals surface area contributed by atoms with Crippen molar-refractivity contribution in [2.45, 2.75) is 13.3 Å². The Labute approximate surface area is 194 Å². The van der Waals surface area contributed by atoms with Crippen LogP contribution < -0.4 is 19.7 Å². The average Bonchev–Trinajstić information content (AvgIpc) is 2.75. The summed E-state index contributed by atoms with van der Waals surface area (Å²) in [5.41, 5.74) is 1.84. The number of aliphatic carboxylic acids is 1. The number of ether oxygens (including phenoxy) is 2. The van der Waals surface area contributed by atoms with Crippen LogP contribution in [-0.2, 0) is 20.8 Å². The van der Waals surface area contributed by atoms with Crippen molar-refractivity contribution in [3.8, 4) is 11.5 Å². The van der Waals surface area contributed by atoms with Gasteiger partial charge in [0.15, 0.2) is 23.2 Å². The number of carboxylic acid groups (broad SMARTS) is 1. The summed E-state index contributed by atoms with van der Waals surface area (Å²) < 4.78 is 10.4. The molecule has 0 aromatic heterocycles. The van der Waals surface area contributed by atoms with Gasteiger partial charge in [-0.1, -0.05) is 30.7 Å². The van der Waals surface area contributed by atoms with Crippen LogP contribution in [0.1, 0.15) is 18.1 Å². The number of carbonyl (C=O) groups is 3. The van der Waals surface area contributed by atoms with E-state index in [9.17, 15) is 14.4 Å². The molecule has 0 radical (unpaired) electrons. The van der Waals surface area contributed by atoms with E-state index in [0.29, 0.717) is 11.3 Å². The number of nitrogens with zero attached hydrogens (tertiary/aromatic N) is 1. The van der Waals surface area contributed by atoms with E-state index in [2.05, 4.69) is 5.32 Å². The molecule has 32 heavy (non-hydrogen) atoms. The molecule has 2 amide bonds. The lowest BCUT2D eigenvalue weighted by Crippen LogP contribution is -2.54. The highest BCUT2D eigenvalue weighted by Gasteiger charge is 2.34. The molecular formula is C22H19ClN2O6S. The third kappa shape index (κ3) is 4.90. The second-order valence-corrected chi connectivity index (χ2v) is 7.49. The predicted octanol–water partition coefficient (Wildman–Crippen LogP) is 3.21. The number of amides is 2. The summed E-state index contributed by atoms with van der Waals surface area (Å²) in [5.74, 6) is -2.23. The smallest absolute Gasteiger partial charge is 0.341 e. The summed E-state index contributed by atoms with van der Waals surface area (Å²) in [7, 11) is 1.36. The zero-order valence-electron chi connectivity index (χ0n) is 17.2. The molecule has 1 saturated heterocycles. The molecule has 1 aliphatic heterocycles. The van der Waals surface area contributed by atoms with Crippen LogP contribution in [0, 0.1) is 0 Å². The van der Waals surface area contributed by atoms with Gasteiger partial charge in [-0.2, -0.15) is 0 Å². The van der Waals surface area contributed by atoms with Gasteiger partial charge in [-0.25, -0.2) is 4.79 Å². The number of halogens is 1. The second kappa shape index (κ2) is 9.80. The number of rotatable bonds is 7. The van der Waals surface area contributed by atoms with Crippen LogP contribution in [0.4, 0.5) is 5.69 Å². The van der Waals surface area contributed by atoms with Gasteiger partial charge in [-0.05, 0) is 60.1 Å². The molecule has 1 fully saturated rings. The molecule has 1 heterocycles. The minimum Gasteiger partial charge on any atom is -0.493 e. The van der Waals surface area contributed by atoms with Crippen molar-refractivity contribution >= 4 is 58.5 Å². The highest BCUT2D eigenvalue weighted by Crippen LogP contribution is 2.37. The van der Waals surface area contributed by atoms with Gasteiger partial charge >= 0.3 is 5.97 Å². The molecular weight excluding hydrogens is 456 g/mol. The first-order valence-corrected chi connectivity index (χ1v) is 10.3. The predicted molar refractivity (Wildman–Crippen MR) is 123 cm³/mol. The van der Waals surface area contributed by atoms with Crippen LogP contribution in [0.2, 0.25) is 5.02 Å². The summed E-state index contributed by atoms with van der Waals surface area (Å²) in [6, 6.07) is 10.2. The molecule has 0 atom stereocenters. The Balaban J connectivity index is 1.98. The molecule has 2 aromatic carbocycles. The van der Waals surface area contributed by atoms with Gasteiger partial charge in [0.2, 0.25) is 0 Å². The van der Waals surface area contributed by atoms with Crippen molar-refractivity contribution in [3.63, 3.8) is 0 Å². The summed E-state index contributed by atoms with van der Waals surface area (Å²) in [6.07, 6.45) is 2.19. The Morgan fingerprint density at radius 1 is 1.25 bits per heavy atom. The minimum absolute atomic E-state index is 0.0190. The highest BCUT2D eigenvalue weighted by molar-refractivity contribution is 7.80. The number of benzene rings is 2. The topological polar surface area (TPSA) is 105 Å². The van der Waals surface area contributed by atoms with E-state index in [0.717, 1.165) is 12.0 Å². The Hall–Kier alpha value is -3.43. The molecule has 0 unspecified atom stereocenters. The molecule has 0 saturated carbocycles. The van der Waals surface area contributed by atoms with Crippen LogP contribution in [0.3, 0.4) is 0 Å². The fraction of sp³-hybridized carbons (Fsp3) is 0.182. The number of hydrogen-bond acceptors (Lipinski definition) is 6. The van der Waals surface area contributed by atoms with Gasteiger partial charge in [0.25, 0.3) is 11.8 Å². The number of hydrogen-bond donors (Lipinski definition) is 2. The lowest BCUT2D eigenvalue weighted by Gasteiger charge is -2.29. The van der Waals surface area contributed by atoms with Gasteiger partial charge in [-0.3, -0.25) is 19.8 Å². The summed E-state index contributed by atoms with van der Waals surface area (Å²) in [6.45, 7) is 1.41. The van der Waals surface area contributed by atoms with E-state index in [1.807, 2.05) is 19.1 Å². The maximum atomic E-state index is 13.1. The molecule has 8 nitrogen and oxygen atoms in total. The van der Waals surface area contributed by atoms with Crippen molar-refractivity contribution in [1.29, 1.82) is 0 Å². The third-order valence-corrected chi connectivity index (χ3v) is 5.17. The van der Waals surface area contributed by atoms with E-state index >= 15 is 0 Å². The highest BCUT2D eigenvalue weighted by atomic mass is 35.5. The zero-order chi connectivity index (χ0) is 23.4. The van der Waals surface area contributed by atoms with Crippen molar-refractivity contribution in [2.75, 3.05) is 18.6 Å². The standard InChI is InChI=1S/C22H19ClN2O6S/c1-3-12-4-6-14(7-5-12)25-21(29)15(20(28)24-22(25)32)8-13-9-16(23)19(17(10-13)30-2)31-11-18(26)27/h4-10H,3,11H2,1-2H3,(H,26,27)(H,24,28,32). The van der Waals surface area contributed by atoms with Crippen LogP contribution in [0.15, 0.2) is 42.0 Å². The van der Waals surface area contributed by atoms with E-state index in [1.54, 1.807) is 12.1 Å². The Morgan fingerprint density at radius 3 is 2.53 bits per heavy atom. The first-order chi connectivity index (χ1) is 15.2. The Kier molecular flexibility index (Phi) is 7.12. The first kappa shape index (κ1) is 23.2. The van der Waals surface area contributed by atoms with E-state index in [-0.39, 0.29) is 27.2 Å². The molecule has 0 bridgehead atoms. The van der Waals surface area contributed by atoms with Crippen LogP contribution in [-0.4, -0.2) is 41.7 Å². The van der Waals surface area contributed by atoms with E-state index < -0.39 is 24.4 Å². The SMILES string of the molecule is CCc1ccc(N2C(=O)C(=Cc3cc(Cl)c(OCC(=O)O)c(OC)c3)C(=O)NC2=S)cc1. The number of carbonyl (C=O) groups excluding carboxylic acids is 2. The number of methoxy groups -OCH3 is 1.